The summed E-state index contributed by atoms with van der Waals surface area (Å²) in [7, 11) is 0. The Labute approximate surface area is 152 Å². The van der Waals surface area contributed by atoms with E-state index >= 15 is 0 Å². The van der Waals surface area contributed by atoms with Crippen LogP contribution in [0.15, 0.2) is 54.9 Å². The van der Waals surface area contributed by atoms with Gasteiger partial charge in [0.1, 0.15) is 6.33 Å². The van der Waals surface area contributed by atoms with Gasteiger partial charge >= 0.3 is 5.97 Å². The molecule has 0 bridgehead atoms. The lowest BCUT2D eigenvalue weighted by atomic mass is 9.86. The van der Waals surface area contributed by atoms with E-state index in [1.807, 2.05) is 24.5 Å². The van der Waals surface area contributed by atoms with Crippen molar-refractivity contribution in [3.05, 3.63) is 60.4 Å². The fourth-order valence-corrected chi connectivity index (χ4v) is 3.75. The Morgan fingerprint density at radius 3 is 2.54 bits per heavy atom. The third-order valence-corrected chi connectivity index (χ3v) is 5.34. The van der Waals surface area contributed by atoms with Crippen LogP contribution in [0.25, 0.3) is 16.7 Å². The smallest absolute Gasteiger partial charge is 0.306 e. The van der Waals surface area contributed by atoms with Gasteiger partial charge in [-0.15, -0.1) is 0 Å². The van der Waals surface area contributed by atoms with E-state index in [-0.39, 0.29) is 5.92 Å². The summed E-state index contributed by atoms with van der Waals surface area (Å²) >= 11 is 0. The number of para-hydroxylation sites is 2. The summed E-state index contributed by atoms with van der Waals surface area (Å²) < 4.78 is 2.10. The van der Waals surface area contributed by atoms with Crippen LogP contribution in [0, 0.1) is 5.92 Å². The first-order valence-electron chi connectivity index (χ1n) is 9.18. The molecule has 134 valence electrons. The quantitative estimate of drug-likeness (QED) is 0.736. The lowest BCUT2D eigenvalue weighted by Gasteiger charge is -2.27. The number of benzene rings is 2. The van der Waals surface area contributed by atoms with Crippen molar-refractivity contribution in [1.82, 2.24) is 14.9 Å². The molecule has 1 aliphatic rings. The molecule has 1 heterocycles. The number of aromatic nitrogens is 2. The molecule has 1 aliphatic carbocycles. The van der Waals surface area contributed by atoms with Crippen molar-refractivity contribution in [2.75, 3.05) is 0 Å². The molecule has 0 unspecified atom stereocenters. The molecule has 3 aromatic rings. The molecule has 0 amide bonds. The number of nitrogens with one attached hydrogen (secondary N) is 1. The van der Waals surface area contributed by atoms with E-state index in [1.165, 1.54) is 5.56 Å². The van der Waals surface area contributed by atoms with Gasteiger partial charge in [-0.2, -0.15) is 0 Å². The molecule has 1 saturated carbocycles. The average molecular weight is 349 g/mol. The summed E-state index contributed by atoms with van der Waals surface area (Å²) in [4.78, 5) is 15.5. The second kappa shape index (κ2) is 7.30. The first-order valence-corrected chi connectivity index (χ1v) is 9.18. The molecule has 2 aromatic carbocycles. The Morgan fingerprint density at radius 2 is 1.81 bits per heavy atom. The number of hydrogen-bond acceptors (Lipinski definition) is 3. The van der Waals surface area contributed by atoms with Crippen LogP contribution in [0.3, 0.4) is 0 Å². The van der Waals surface area contributed by atoms with Crippen molar-refractivity contribution >= 4 is 17.0 Å². The van der Waals surface area contributed by atoms with Crippen molar-refractivity contribution in [2.24, 2.45) is 5.92 Å². The van der Waals surface area contributed by atoms with Crippen LogP contribution in [-0.4, -0.2) is 26.7 Å². The zero-order valence-electron chi connectivity index (χ0n) is 14.6. The maximum atomic E-state index is 11.0. The van der Waals surface area contributed by atoms with Gasteiger partial charge in [-0.3, -0.25) is 9.36 Å². The van der Waals surface area contributed by atoms with E-state index in [0.717, 1.165) is 48.9 Å². The number of hydrogen-bond donors (Lipinski definition) is 2. The van der Waals surface area contributed by atoms with E-state index in [2.05, 4.69) is 45.2 Å². The van der Waals surface area contributed by atoms with Gasteiger partial charge in [0.2, 0.25) is 0 Å². The predicted octanol–water partition coefficient (Wildman–Crippen LogP) is 3.76. The van der Waals surface area contributed by atoms with Crippen molar-refractivity contribution in [1.29, 1.82) is 0 Å². The molecule has 5 heteroatoms. The van der Waals surface area contributed by atoms with Gasteiger partial charge in [0.15, 0.2) is 0 Å². The minimum absolute atomic E-state index is 0.155. The largest absolute Gasteiger partial charge is 0.481 e. The van der Waals surface area contributed by atoms with Crippen LogP contribution in [-0.2, 0) is 11.3 Å². The second-order valence-corrected chi connectivity index (χ2v) is 7.04. The Kier molecular flexibility index (Phi) is 4.71. The van der Waals surface area contributed by atoms with E-state index in [1.54, 1.807) is 0 Å². The molecular formula is C21H23N3O2. The van der Waals surface area contributed by atoms with Crippen LogP contribution in [0.4, 0.5) is 0 Å². The maximum absolute atomic E-state index is 11.0. The van der Waals surface area contributed by atoms with E-state index < -0.39 is 5.97 Å². The fourth-order valence-electron chi connectivity index (χ4n) is 3.75. The summed E-state index contributed by atoms with van der Waals surface area (Å²) in [6.45, 7) is 0.813. The van der Waals surface area contributed by atoms with Gasteiger partial charge in [-0.25, -0.2) is 4.98 Å². The first kappa shape index (κ1) is 16.8. The van der Waals surface area contributed by atoms with Gasteiger partial charge in [-0.1, -0.05) is 24.3 Å². The van der Waals surface area contributed by atoms with Gasteiger partial charge in [0.05, 0.1) is 17.0 Å². The second-order valence-electron chi connectivity index (χ2n) is 7.04. The maximum Gasteiger partial charge on any atom is 0.306 e. The number of carboxylic acid groups (broad SMARTS) is 1. The SMILES string of the molecule is O=C(O)C1CCC(NCc2ccc(-n3cnc4ccccc43)cc2)CC1. The van der Waals surface area contributed by atoms with Gasteiger partial charge < -0.3 is 10.4 Å². The minimum atomic E-state index is -0.647. The molecule has 5 nitrogen and oxygen atoms in total. The van der Waals surface area contributed by atoms with Crippen LogP contribution >= 0.6 is 0 Å². The molecule has 0 atom stereocenters. The van der Waals surface area contributed by atoms with Gasteiger partial charge in [0.25, 0.3) is 0 Å². The Bertz CT molecular complexity index is 893. The molecule has 0 spiro atoms. The van der Waals surface area contributed by atoms with Gasteiger partial charge in [0, 0.05) is 18.3 Å². The molecule has 1 fully saturated rings. The molecule has 0 aliphatic heterocycles. The number of rotatable bonds is 5. The third-order valence-electron chi connectivity index (χ3n) is 5.34. The van der Waals surface area contributed by atoms with Crippen LogP contribution < -0.4 is 5.32 Å². The molecule has 0 saturated heterocycles. The van der Waals surface area contributed by atoms with Crippen molar-refractivity contribution in [2.45, 2.75) is 38.3 Å². The monoisotopic (exact) mass is 349 g/mol. The Morgan fingerprint density at radius 1 is 1.08 bits per heavy atom. The molecule has 0 radical (unpaired) electrons. The highest BCUT2D eigenvalue weighted by atomic mass is 16.4. The third kappa shape index (κ3) is 3.48. The van der Waals surface area contributed by atoms with E-state index in [0.29, 0.717) is 6.04 Å². The first-order chi connectivity index (χ1) is 12.7. The molecule has 26 heavy (non-hydrogen) atoms. The summed E-state index contributed by atoms with van der Waals surface area (Å²) in [6.07, 6.45) is 5.30. The summed E-state index contributed by atoms with van der Waals surface area (Å²) in [5, 5.41) is 12.6. The molecular weight excluding hydrogens is 326 g/mol. The van der Waals surface area contributed by atoms with Crippen molar-refractivity contribution in [3.8, 4) is 5.69 Å². The number of imidazole rings is 1. The van der Waals surface area contributed by atoms with Crippen molar-refractivity contribution < 1.29 is 9.90 Å². The summed E-state index contributed by atoms with van der Waals surface area (Å²) in [5.41, 5.74) is 4.44. The summed E-state index contributed by atoms with van der Waals surface area (Å²) in [6, 6.07) is 17.0. The van der Waals surface area contributed by atoms with E-state index in [4.69, 9.17) is 5.11 Å². The lowest BCUT2D eigenvalue weighted by molar-refractivity contribution is -0.142. The van der Waals surface area contributed by atoms with E-state index in [9.17, 15) is 4.79 Å². The Balaban J connectivity index is 1.37. The fraction of sp³-hybridized carbons (Fsp3) is 0.333. The number of carboxylic acids is 1. The molecule has 2 N–H and O–H groups in total. The van der Waals surface area contributed by atoms with Crippen LogP contribution in [0.5, 0.6) is 0 Å². The highest BCUT2D eigenvalue weighted by Crippen LogP contribution is 2.25. The highest BCUT2D eigenvalue weighted by Gasteiger charge is 2.25. The Hall–Kier alpha value is -2.66. The predicted molar refractivity (Wildman–Crippen MR) is 101 cm³/mol. The zero-order valence-corrected chi connectivity index (χ0v) is 14.6. The van der Waals surface area contributed by atoms with Crippen LogP contribution in [0.1, 0.15) is 31.2 Å². The topological polar surface area (TPSA) is 67.2 Å². The standard InChI is InChI=1S/C21H23N3O2/c25-21(26)16-7-9-17(10-8-16)22-13-15-5-11-18(12-6-15)24-14-23-19-3-1-2-4-20(19)24/h1-6,11-12,14,16-17,22H,7-10,13H2,(H,25,26). The number of aliphatic carboxylic acids is 1. The number of carbonyl (C=O) groups is 1. The number of nitrogens with zero attached hydrogens (tertiary/aromatic N) is 2. The summed E-state index contributed by atoms with van der Waals surface area (Å²) in [5.74, 6) is -0.802. The lowest BCUT2D eigenvalue weighted by Crippen LogP contribution is -2.34. The zero-order chi connectivity index (χ0) is 17.9. The van der Waals surface area contributed by atoms with Crippen LogP contribution in [0.2, 0.25) is 0 Å². The van der Waals surface area contributed by atoms with Gasteiger partial charge in [-0.05, 0) is 55.5 Å². The minimum Gasteiger partial charge on any atom is -0.481 e. The number of fused-ring (bicyclic) bond motifs is 1. The van der Waals surface area contributed by atoms with Crippen molar-refractivity contribution in [3.63, 3.8) is 0 Å². The highest BCUT2D eigenvalue weighted by molar-refractivity contribution is 5.77. The molecule has 1 aromatic heterocycles. The molecule has 4 rings (SSSR count). The normalized spacial score (nSPS) is 20.3. The average Bonchev–Trinajstić information content (AvgIpc) is 3.11.